The molecule has 0 radical (unpaired) electrons. The molecule has 1 aromatic carbocycles. The third kappa shape index (κ3) is 4.03. The van der Waals surface area contributed by atoms with Gasteiger partial charge in [-0.1, -0.05) is 12.1 Å². The summed E-state index contributed by atoms with van der Waals surface area (Å²) in [5.74, 6) is -1.88. The monoisotopic (exact) mass is 349 g/mol. The lowest BCUT2D eigenvalue weighted by atomic mass is 10.1. The fourth-order valence-corrected chi connectivity index (χ4v) is 3.68. The van der Waals surface area contributed by atoms with Crippen LogP contribution in [-0.4, -0.2) is 10.8 Å². The van der Waals surface area contributed by atoms with Crippen LogP contribution in [0.25, 0.3) is 0 Å². The van der Waals surface area contributed by atoms with Crippen LogP contribution in [0.3, 0.4) is 0 Å². The van der Waals surface area contributed by atoms with Crippen LogP contribution in [0.4, 0.5) is 8.78 Å². The van der Waals surface area contributed by atoms with Gasteiger partial charge in [0.2, 0.25) is 0 Å². The van der Waals surface area contributed by atoms with Crippen molar-refractivity contribution in [2.75, 3.05) is 0 Å². The molecule has 2 aromatic heterocycles. The Kier molecular flexibility index (Phi) is 4.83. The first kappa shape index (κ1) is 15.8. The van der Waals surface area contributed by atoms with Crippen molar-refractivity contribution in [1.29, 1.82) is 0 Å². The minimum absolute atomic E-state index is 0.0237. The number of hydrogen-bond acceptors (Lipinski definition) is 3. The molecule has 0 bridgehead atoms. The zero-order valence-electron chi connectivity index (χ0n) is 12.0. The zero-order valence-corrected chi connectivity index (χ0v) is 13.7. The van der Waals surface area contributed by atoms with Crippen molar-refractivity contribution < 1.29 is 13.6 Å². The first-order chi connectivity index (χ1) is 11.1. The molecular weight excluding hydrogens is 336 g/mol. The van der Waals surface area contributed by atoms with E-state index in [2.05, 4.69) is 0 Å². The Labute approximate surface area is 140 Å². The standard InChI is InChI=1S/C17H13F2NOS2/c18-13-7-12(8-14(19)9-13)17(21)20(10-15-3-1-5-22-15)11-16-4-2-6-23-16/h1-9H,10-11H2. The van der Waals surface area contributed by atoms with E-state index >= 15 is 0 Å². The summed E-state index contributed by atoms with van der Waals surface area (Å²) in [5, 5.41) is 3.87. The van der Waals surface area contributed by atoms with Crippen LogP contribution in [0.2, 0.25) is 0 Å². The van der Waals surface area contributed by atoms with Gasteiger partial charge in [-0.15, -0.1) is 22.7 Å². The number of benzene rings is 1. The lowest BCUT2D eigenvalue weighted by molar-refractivity contribution is 0.0732. The van der Waals surface area contributed by atoms with E-state index in [0.29, 0.717) is 13.1 Å². The summed E-state index contributed by atoms with van der Waals surface area (Å²) >= 11 is 3.09. The van der Waals surface area contributed by atoms with Crippen molar-refractivity contribution >= 4 is 28.6 Å². The Morgan fingerprint density at radius 2 is 1.43 bits per heavy atom. The van der Waals surface area contributed by atoms with Crippen LogP contribution in [0, 0.1) is 11.6 Å². The lowest BCUT2D eigenvalue weighted by Crippen LogP contribution is -2.29. The third-order valence-corrected chi connectivity index (χ3v) is 4.97. The Hall–Kier alpha value is -2.05. The summed E-state index contributed by atoms with van der Waals surface area (Å²) < 4.78 is 26.8. The fourth-order valence-electron chi connectivity index (χ4n) is 2.24. The van der Waals surface area contributed by atoms with Gasteiger partial charge in [-0.3, -0.25) is 4.79 Å². The van der Waals surface area contributed by atoms with E-state index in [1.165, 1.54) is 0 Å². The van der Waals surface area contributed by atoms with Gasteiger partial charge in [0, 0.05) is 21.4 Å². The Morgan fingerprint density at radius 3 is 1.87 bits per heavy atom. The van der Waals surface area contributed by atoms with Gasteiger partial charge in [-0.25, -0.2) is 8.78 Å². The molecule has 2 heterocycles. The Bertz CT molecular complexity index is 729. The van der Waals surface area contributed by atoms with Crippen molar-refractivity contribution in [3.63, 3.8) is 0 Å². The number of nitrogens with zero attached hydrogens (tertiary/aromatic N) is 1. The molecule has 0 aliphatic heterocycles. The molecule has 0 fully saturated rings. The molecule has 0 unspecified atom stereocenters. The number of thiophene rings is 2. The van der Waals surface area contributed by atoms with Crippen LogP contribution in [0.5, 0.6) is 0 Å². The molecule has 1 amide bonds. The van der Waals surface area contributed by atoms with Crippen molar-refractivity contribution in [3.8, 4) is 0 Å². The fraction of sp³-hybridized carbons (Fsp3) is 0.118. The SMILES string of the molecule is O=C(c1cc(F)cc(F)c1)N(Cc1cccs1)Cc1cccs1. The van der Waals surface area contributed by atoms with E-state index in [4.69, 9.17) is 0 Å². The summed E-state index contributed by atoms with van der Waals surface area (Å²) in [4.78, 5) is 16.3. The predicted molar refractivity (Wildman–Crippen MR) is 88.6 cm³/mol. The van der Waals surface area contributed by atoms with Gasteiger partial charge >= 0.3 is 0 Å². The first-order valence-electron chi connectivity index (χ1n) is 6.92. The minimum atomic E-state index is -0.749. The molecule has 0 N–H and O–H groups in total. The molecule has 0 atom stereocenters. The van der Waals surface area contributed by atoms with E-state index in [0.717, 1.165) is 28.0 Å². The van der Waals surface area contributed by atoms with Crippen LogP contribution in [-0.2, 0) is 13.1 Å². The van der Waals surface area contributed by atoms with Gasteiger partial charge in [0.1, 0.15) is 11.6 Å². The van der Waals surface area contributed by atoms with Gasteiger partial charge in [-0.05, 0) is 35.0 Å². The van der Waals surface area contributed by atoms with Crippen molar-refractivity contribution in [3.05, 3.63) is 80.2 Å². The molecule has 3 aromatic rings. The van der Waals surface area contributed by atoms with E-state index in [1.54, 1.807) is 27.6 Å². The van der Waals surface area contributed by atoms with Gasteiger partial charge in [0.25, 0.3) is 5.91 Å². The number of hydrogen-bond donors (Lipinski definition) is 0. The Morgan fingerprint density at radius 1 is 0.913 bits per heavy atom. The maximum atomic E-state index is 13.4. The van der Waals surface area contributed by atoms with Crippen LogP contribution >= 0.6 is 22.7 Å². The van der Waals surface area contributed by atoms with Gasteiger partial charge in [0.15, 0.2) is 0 Å². The summed E-state index contributed by atoms with van der Waals surface area (Å²) in [6, 6.07) is 10.6. The second-order valence-electron chi connectivity index (χ2n) is 4.98. The second-order valence-corrected chi connectivity index (χ2v) is 7.04. The van der Waals surface area contributed by atoms with Crippen molar-refractivity contribution in [2.24, 2.45) is 0 Å². The Balaban J connectivity index is 1.88. The second kappa shape index (κ2) is 7.02. The minimum Gasteiger partial charge on any atom is -0.328 e. The maximum Gasteiger partial charge on any atom is 0.254 e. The van der Waals surface area contributed by atoms with E-state index in [1.807, 2.05) is 35.0 Å². The number of carbonyl (C=O) groups excluding carboxylic acids is 1. The van der Waals surface area contributed by atoms with Gasteiger partial charge in [-0.2, -0.15) is 0 Å². The van der Waals surface area contributed by atoms with Crippen LogP contribution in [0.15, 0.2) is 53.2 Å². The molecule has 3 rings (SSSR count). The maximum absolute atomic E-state index is 13.4. The number of rotatable bonds is 5. The highest BCUT2D eigenvalue weighted by Gasteiger charge is 2.19. The molecule has 0 saturated heterocycles. The lowest BCUT2D eigenvalue weighted by Gasteiger charge is -2.21. The quantitative estimate of drug-likeness (QED) is 0.639. The molecule has 118 valence electrons. The van der Waals surface area contributed by atoms with Crippen LogP contribution in [0.1, 0.15) is 20.1 Å². The molecule has 0 saturated carbocycles. The highest BCUT2D eigenvalue weighted by Crippen LogP contribution is 2.20. The molecule has 6 heteroatoms. The smallest absolute Gasteiger partial charge is 0.254 e. The third-order valence-electron chi connectivity index (χ3n) is 3.25. The zero-order chi connectivity index (χ0) is 16.2. The summed E-state index contributed by atoms with van der Waals surface area (Å²) in [7, 11) is 0. The normalized spacial score (nSPS) is 10.7. The average Bonchev–Trinajstić information content (AvgIpc) is 3.18. The topological polar surface area (TPSA) is 20.3 Å². The van der Waals surface area contributed by atoms with E-state index < -0.39 is 11.6 Å². The molecule has 0 spiro atoms. The number of amides is 1. The molecule has 2 nitrogen and oxygen atoms in total. The van der Waals surface area contributed by atoms with Gasteiger partial charge < -0.3 is 4.90 Å². The molecule has 23 heavy (non-hydrogen) atoms. The first-order valence-corrected chi connectivity index (χ1v) is 8.68. The summed E-state index contributed by atoms with van der Waals surface area (Å²) in [6.45, 7) is 0.819. The predicted octanol–water partition coefficient (Wildman–Crippen LogP) is 4.93. The van der Waals surface area contributed by atoms with Crippen molar-refractivity contribution in [2.45, 2.75) is 13.1 Å². The van der Waals surface area contributed by atoms with Crippen molar-refractivity contribution in [1.82, 2.24) is 4.90 Å². The van der Waals surface area contributed by atoms with Gasteiger partial charge in [0.05, 0.1) is 13.1 Å². The average molecular weight is 349 g/mol. The summed E-state index contributed by atoms with van der Waals surface area (Å²) in [5.41, 5.74) is 0.0237. The largest absolute Gasteiger partial charge is 0.328 e. The summed E-state index contributed by atoms with van der Waals surface area (Å²) in [6.07, 6.45) is 0. The number of carbonyl (C=O) groups is 1. The molecule has 0 aliphatic carbocycles. The highest BCUT2D eigenvalue weighted by molar-refractivity contribution is 7.10. The molecular formula is C17H13F2NOS2. The molecule has 0 aliphatic rings. The number of halogens is 2. The van der Waals surface area contributed by atoms with E-state index in [9.17, 15) is 13.6 Å². The highest BCUT2D eigenvalue weighted by atomic mass is 32.1. The van der Waals surface area contributed by atoms with Crippen LogP contribution < -0.4 is 0 Å². The van der Waals surface area contributed by atoms with E-state index in [-0.39, 0.29) is 11.5 Å².